The maximum absolute atomic E-state index is 11.0. The Kier molecular flexibility index (Phi) is 10.9. The summed E-state index contributed by atoms with van der Waals surface area (Å²) in [4.78, 5) is 26.0. The average Bonchev–Trinajstić information content (AvgIpc) is 3.48. The van der Waals surface area contributed by atoms with E-state index in [0.29, 0.717) is 19.0 Å². The molecule has 1 fully saturated rings. The minimum absolute atomic E-state index is 0.289. The molecule has 0 unspecified atom stereocenters. The molecule has 1 aliphatic rings. The highest BCUT2D eigenvalue weighted by Gasteiger charge is 2.19. The molecule has 3 heterocycles. The lowest BCUT2D eigenvalue weighted by Crippen LogP contribution is -2.42. The number of anilines is 1. The third-order valence-electron chi connectivity index (χ3n) is 8.13. The van der Waals surface area contributed by atoms with Gasteiger partial charge in [-0.2, -0.15) is 0 Å². The zero-order valence-electron chi connectivity index (χ0n) is 24.3. The third kappa shape index (κ3) is 8.61. The number of carbonyl (C=O) groups excluding carboxylic acids is 1. The van der Waals surface area contributed by atoms with Crippen LogP contribution in [-0.2, 0) is 17.9 Å². The van der Waals surface area contributed by atoms with Gasteiger partial charge < -0.3 is 15.6 Å². The van der Waals surface area contributed by atoms with Crippen molar-refractivity contribution in [1.82, 2.24) is 30.6 Å². The van der Waals surface area contributed by atoms with Gasteiger partial charge >= 0.3 is 0 Å². The van der Waals surface area contributed by atoms with Crippen molar-refractivity contribution < 1.29 is 10.0 Å². The Morgan fingerprint density at radius 1 is 0.929 bits per heavy atom. The summed E-state index contributed by atoms with van der Waals surface area (Å²) in [6.07, 6.45) is 9.75. The molecule has 1 saturated heterocycles. The van der Waals surface area contributed by atoms with Gasteiger partial charge in [-0.3, -0.25) is 14.9 Å². The average molecular weight is 570 g/mol. The van der Waals surface area contributed by atoms with Gasteiger partial charge in [0.2, 0.25) is 5.91 Å². The number of carbonyl (C=O) groups is 1. The van der Waals surface area contributed by atoms with Gasteiger partial charge in [-0.25, -0.2) is 15.4 Å². The van der Waals surface area contributed by atoms with Crippen LogP contribution in [0.5, 0.6) is 0 Å². The smallest absolute Gasteiger partial charge is 0.243 e. The number of aromatic nitrogens is 3. The zero-order valence-corrected chi connectivity index (χ0v) is 24.3. The Labute approximate surface area is 248 Å². The number of aromatic amines is 1. The summed E-state index contributed by atoms with van der Waals surface area (Å²) in [6, 6.07) is 21.9. The number of unbranched alkanes of at least 4 members (excludes halogenated alkanes) is 4. The number of benzene rings is 2. The van der Waals surface area contributed by atoms with Crippen LogP contribution >= 0.6 is 0 Å². The number of nitrogens with zero attached hydrogens (tertiary/aromatic N) is 3. The van der Waals surface area contributed by atoms with E-state index < -0.39 is 0 Å². The Morgan fingerprint density at radius 3 is 2.48 bits per heavy atom. The Bertz CT molecular complexity index is 1380. The molecule has 5 rings (SSSR count). The van der Waals surface area contributed by atoms with Crippen LogP contribution in [0.3, 0.4) is 0 Å². The van der Waals surface area contributed by atoms with E-state index in [4.69, 9.17) is 5.21 Å². The molecule has 222 valence electrons. The standard InChI is InChI=1S/C33H43N7O2/c41-31(39-42)11-7-2-1-3-8-18-34-28-16-19-40(20-17-28)23-26-12-14-27(15-13-26)30-21-29-32(36-24-37-33(29)38-30)35-22-25-9-5-4-6-10-25/h4-6,9-10,12-15,21,24,28,34,42H,1-3,7-8,11,16-20,22-23H2,(H,39,41)(H2,35,36,37,38). The first-order chi connectivity index (χ1) is 20.7. The van der Waals surface area contributed by atoms with E-state index in [1.807, 2.05) is 18.2 Å². The van der Waals surface area contributed by atoms with Gasteiger partial charge in [-0.1, -0.05) is 73.9 Å². The van der Waals surface area contributed by atoms with Crippen molar-refractivity contribution in [1.29, 1.82) is 0 Å². The molecule has 5 N–H and O–H groups in total. The normalized spacial score (nSPS) is 14.3. The number of piperidine rings is 1. The lowest BCUT2D eigenvalue weighted by atomic mass is 10.0. The maximum Gasteiger partial charge on any atom is 0.243 e. The molecule has 4 aromatic rings. The number of likely N-dealkylation sites (tertiary alicyclic amines) is 1. The predicted molar refractivity (Wildman–Crippen MR) is 167 cm³/mol. The van der Waals surface area contributed by atoms with Gasteiger partial charge in [0.15, 0.2) is 0 Å². The topological polar surface area (TPSA) is 118 Å². The molecule has 2 aromatic heterocycles. The first kappa shape index (κ1) is 29.7. The highest BCUT2D eigenvalue weighted by Crippen LogP contribution is 2.27. The second-order valence-corrected chi connectivity index (χ2v) is 11.3. The van der Waals surface area contributed by atoms with Crippen LogP contribution in [0.1, 0.15) is 62.5 Å². The number of amides is 1. The SMILES string of the molecule is O=C(CCCCCCCNC1CCN(Cc2ccc(-c3cc4c(NCc5ccccc5)ncnc4[nH]3)cc2)CC1)NO. The molecule has 0 saturated carbocycles. The fourth-order valence-corrected chi connectivity index (χ4v) is 5.66. The molecule has 2 aromatic carbocycles. The number of hydroxylamine groups is 1. The van der Waals surface area contributed by atoms with Crippen LogP contribution in [0.15, 0.2) is 67.0 Å². The van der Waals surface area contributed by atoms with Crippen LogP contribution in [0.2, 0.25) is 0 Å². The number of rotatable bonds is 15. The van der Waals surface area contributed by atoms with E-state index in [9.17, 15) is 4.79 Å². The number of hydrogen-bond acceptors (Lipinski definition) is 7. The molecular formula is C33H43N7O2. The largest absolute Gasteiger partial charge is 0.365 e. The summed E-state index contributed by atoms with van der Waals surface area (Å²) < 4.78 is 0. The first-order valence-electron chi connectivity index (χ1n) is 15.3. The molecule has 0 spiro atoms. The highest BCUT2D eigenvalue weighted by atomic mass is 16.5. The van der Waals surface area contributed by atoms with Crippen LogP contribution in [0, 0.1) is 0 Å². The van der Waals surface area contributed by atoms with Crippen molar-refractivity contribution >= 4 is 22.8 Å². The van der Waals surface area contributed by atoms with Gasteiger partial charge in [0, 0.05) is 31.2 Å². The molecule has 9 nitrogen and oxygen atoms in total. The zero-order chi connectivity index (χ0) is 29.0. The minimum atomic E-state index is -0.289. The van der Waals surface area contributed by atoms with Crippen LogP contribution in [-0.4, -0.2) is 56.6 Å². The third-order valence-corrected chi connectivity index (χ3v) is 8.13. The van der Waals surface area contributed by atoms with Crippen molar-refractivity contribution in [2.24, 2.45) is 0 Å². The Hall–Kier alpha value is -3.79. The van der Waals surface area contributed by atoms with Gasteiger partial charge in [0.25, 0.3) is 0 Å². The van der Waals surface area contributed by atoms with Crippen molar-refractivity contribution in [3.63, 3.8) is 0 Å². The Morgan fingerprint density at radius 2 is 1.69 bits per heavy atom. The van der Waals surface area contributed by atoms with Gasteiger partial charge in [0.05, 0.1) is 5.39 Å². The summed E-state index contributed by atoms with van der Waals surface area (Å²) in [7, 11) is 0. The molecule has 42 heavy (non-hydrogen) atoms. The van der Waals surface area contributed by atoms with Crippen molar-refractivity contribution in [2.75, 3.05) is 25.0 Å². The van der Waals surface area contributed by atoms with E-state index in [1.54, 1.807) is 11.8 Å². The van der Waals surface area contributed by atoms with E-state index in [1.165, 1.54) is 36.8 Å². The summed E-state index contributed by atoms with van der Waals surface area (Å²) in [6.45, 7) is 4.99. The second-order valence-electron chi connectivity index (χ2n) is 11.3. The first-order valence-corrected chi connectivity index (χ1v) is 15.3. The van der Waals surface area contributed by atoms with Crippen molar-refractivity contribution in [2.45, 2.75) is 70.5 Å². The number of H-pyrrole nitrogens is 1. The van der Waals surface area contributed by atoms with Crippen LogP contribution in [0.25, 0.3) is 22.3 Å². The van der Waals surface area contributed by atoms with Gasteiger partial charge in [0.1, 0.15) is 17.8 Å². The minimum Gasteiger partial charge on any atom is -0.365 e. The predicted octanol–water partition coefficient (Wildman–Crippen LogP) is 5.64. The van der Waals surface area contributed by atoms with Crippen LogP contribution < -0.4 is 16.1 Å². The van der Waals surface area contributed by atoms with Crippen LogP contribution in [0.4, 0.5) is 5.82 Å². The molecule has 1 amide bonds. The van der Waals surface area contributed by atoms with Gasteiger partial charge in [-0.15, -0.1) is 0 Å². The van der Waals surface area contributed by atoms with Crippen molar-refractivity contribution in [3.8, 4) is 11.3 Å². The van der Waals surface area contributed by atoms with E-state index in [2.05, 4.69) is 72.9 Å². The van der Waals surface area contributed by atoms with E-state index >= 15 is 0 Å². The monoisotopic (exact) mass is 569 g/mol. The molecule has 0 atom stereocenters. The highest BCUT2D eigenvalue weighted by molar-refractivity contribution is 5.91. The Balaban J connectivity index is 1.03. The molecule has 0 aliphatic carbocycles. The molecular weight excluding hydrogens is 526 g/mol. The number of fused-ring (bicyclic) bond motifs is 1. The second kappa shape index (κ2) is 15.4. The van der Waals surface area contributed by atoms with E-state index in [-0.39, 0.29) is 5.91 Å². The fourth-order valence-electron chi connectivity index (χ4n) is 5.66. The number of hydrogen-bond donors (Lipinski definition) is 5. The summed E-state index contributed by atoms with van der Waals surface area (Å²) in [5.74, 6) is 0.547. The maximum atomic E-state index is 11.0. The summed E-state index contributed by atoms with van der Waals surface area (Å²) >= 11 is 0. The number of nitrogens with one attached hydrogen (secondary N) is 4. The van der Waals surface area contributed by atoms with Gasteiger partial charge in [-0.05, 0) is 68.1 Å². The molecule has 9 heteroatoms. The lowest BCUT2D eigenvalue weighted by Gasteiger charge is -2.32. The molecule has 0 bridgehead atoms. The van der Waals surface area contributed by atoms with Crippen molar-refractivity contribution in [3.05, 3.63) is 78.1 Å². The lowest BCUT2D eigenvalue weighted by molar-refractivity contribution is -0.129. The summed E-state index contributed by atoms with van der Waals surface area (Å²) in [5.41, 5.74) is 7.26. The fraction of sp³-hybridized carbons (Fsp3) is 0.424. The molecule has 1 aliphatic heterocycles. The molecule has 0 radical (unpaired) electrons. The van der Waals surface area contributed by atoms with E-state index in [0.717, 1.165) is 73.6 Å². The summed E-state index contributed by atoms with van der Waals surface area (Å²) in [5, 5.41) is 16.7. The quantitative estimate of drug-likeness (QED) is 0.0715.